The lowest BCUT2D eigenvalue weighted by Crippen LogP contribution is -2.50. The van der Waals surface area contributed by atoms with Gasteiger partial charge in [-0.2, -0.15) is 0 Å². The monoisotopic (exact) mass is 229 g/mol. The van der Waals surface area contributed by atoms with Crippen molar-refractivity contribution in [2.24, 2.45) is 0 Å². The average molecular weight is 230 g/mol. The van der Waals surface area contributed by atoms with Crippen LogP contribution in [0.3, 0.4) is 0 Å². The molecule has 15 heavy (non-hydrogen) atoms. The molecule has 0 spiro atoms. The molecule has 0 bridgehead atoms. The Labute approximate surface area is 90.4 Å². The van der Waals surface area contributed by atoms with E-state index in [9.17, 15) is 10.1 Å². The predicted octanol–water partition coefficient (Wildman–Crippen LogP) is 0.994. The highest BCUT2D eigenvalue weighted by atomic mass is 35.5. The van der Waals surface area contributed by atoms with Crippen molar-refractivity contribution in [1.29, 1.82) is 0 Å². The second kappa shape index (κ2) is 4.00. The topological polar surface area (TPSA) is 77.3 Å². The van der Waals surface area contributed by atoms with Crippen LogP contribution < -0.4 is 10.1 Å². The SMILES string of the molecule is O=[N+]([O-])c1cnc(OC2CNC2)c(Cl)c1. The maximum absolute atomic E-state index is 10.4. The lowest BCUT2D eigenvalue weighted by molar-refractivity contribution is -0.385. The number of halogens is 1. The summed E-state index contributed by atoms with van der Waals surface area (Å²) in [6.45, 7) is 1.49. The number of hydrogen-bond donors (Lipinski definition) is 1. The Bertz CT molecular complexity index is 395. The van der Waals surface area contributed by atoms with Crippen molar-refractivity contribution in [3.05, 3.63) is 27.4 Å². The summed E-state index contributed by atoms with van der Waals surface area (Å²) in [7, 11) is 0. The summed E-state index contributed by atoms with van der Waals surface area (Å²) < 4.78 is 5.39. The van der Waals surface area contributed by atoms with E-state index in [1.165, 1.54) is 6.07 Å². The second-order valence-electron chi connectivity index (χ2n) is 3.14. The predicted molar refractivity (Wildman–Crippen MR) is 53.2 cm³/mol. The Kier molecular flexibility index (Phi) is 2.70. The molecule has 1 aromatic rings. The van der Waals surface area contributed by atoms with Crippen molar-refractivity contribution in [2.75, 3.05) is 13.1 Å². The highest BCUT2D eigenvalue weighted by Gasteiger charge is 2.21. The molecule has 1 N–H and O–H groups in total. The van der Waals surface area contributed by atoms with Crippen LogP contribution in [-0.2, 0) is 0 Å². The molecule has 80 valence electrons. The first kappa shape index (κ1) is 10.1. The molecule has 0 radical (unpaired) electrons. The number of nitro groups is 1. The van der Waals surface area contributed by atoms with E-state index in [1.807, 2.05) is 0 Å². The van der Waals surface area contributed by atoms with Crippen LogP contribution in [0, 0.1) is 10.1 Å². The van der Waals surface area contributed by atoms with Crippen molar-refractivity contribution >= 4 is 17.3 Å². The van der Waals surface area contributed by atoms with Crippen molar-refractivity contribution in [2.45, 2.75) is 6.10 Å². The van der Waals surface area contributed by atoms with Gasteiger partial charge in [0.1, 0.15) is 17.3 Å². The average Bonchev–Trinajstić information content (AvgIpc) is 2.12. The zero-order chi connectivity index (χ0) is 10.8. The largest absolute Gasteiger partial charge is 0.471 e. The molecular weight excluding hydrogens is 222 g/mol. The maximum atomic E-state index is 10.4. The minimum atomic E-state index is -0.548. The van der Waals surface area contributed by atoms with E-state index >= 15 is 0 Å². The fourth-order valence-electron chi connectivity index (χ4n) is 1.11. The summed E-state index contributed by atoms with van der Waals surface area (Å²) in [6.07, 6.45) is 1.18. The van der Waals surface area contributed by atoms with Gasteiger partial charge in [-0.05, 0) is 0 Å². The van der Waals surface area contributed by atoms with Gasteiger partial charge in [-0.1, -0.05) is 11.6 Å². The summed E-state index contributed by atoms with van der Waals surface area (Å²) in [5.41, 5.74) is -0.140. The van der Waals surface area contributed by atoms with Crippen molar-refractivity contribution in [3.8, 4) is 5.88 Å². The lowest BCUT2D eigenvalue weighted by Gasteiger charge is -2.27. The molecule has 1 fully saturated rings. The van der Waals surface area contributed by atoms with Crippen LogP contribution >= 0.6 is 11.6 Å². The minimum Gasteiger partial charge on any atom is -0.471 e. The third kappa shape index (κ3) is 2.16. The van der Waals surface area contributed by atoms with Gasteiger partial charge in [-0.15, -0.1) is 0 Å². The van der Waals surface area contributed by atoms with Crippen LogP contribution in [0.2, 0.25) is 5.02 Å². The first-order chi connectivity index (χ1) is 7.16. The van der Waals surface area contributed by atoms with Crippen LogP contribution in [0.25, 0.3) is 0 Å². The van der Waals surface area contributed by atoms with E-state index in [-0.39, 0.29) is 22.7 Å². The molecule has 0 aromatic carbocycles. The Hall–Kier alpha value is -1.40. The molecule has 7 heteroatoms. The molecule has 2 heterocycles. The molecule has 0 amide bonds. The van der Waals surface area contributed by atoms with Crippen molar-refractivity contribution in [3.63, 3.8) is 0 Å². The van der Waals surface area contributed by atoms with Gasteiger partial charge in [0.05, 0.1) is 4.92 Å². The van der Waals surface area contributed by atoms with E-state index in [0.717, 1.165) is 19.3 Å². The molecular formula is C8H8ClN3O3. The smallest absolute Gasteiger partial charge is 0.289 e. The number of rotatable bonds is 3. The first-order valence-corrected chi connectivity index (χ1v) is 4.72. The summed E-state index contributed by atoms with van der Waals surface area (Å²) in [5.74, 6) is 0.244. The normalized spacial score (nSPS) is 15.8. The Morgan fingerprint density at radius 2 is 2.40 bits per heavy atom. The van der Waals surface area contributed by atoms with Crippen LogP contribution in [0.4, 0.5) is 5.69 Å². The molecule has 1 saturated heterocycles. The van der Waals surface area contributed by atoms with Crippen molar-refractivity contribution < 1.29 is 9.66 Å². The first-order valence-electron chi connectivity index (χ1n) is 4.34. The summed E-state index contributed by atoms with van der Waals surface area (Å²) in [5, 5.41) is 13.6. The highest BCUT2D eigenvalue weighted by molar-refractivity contribution is 6.32. The number of ether oxygens (including phenoxy) is 1. The van der Waals surface area contributed by atoms with E-state index in [2.05, 4.69) is 10.3 Å². The van der Waals surface area contributed by atoms with Crippen LogP contribution in [0.5, 0.6) is 5.88 Å². The minimum absolute atomic E-state index is 0.0523. The van der Waals surface area contributed by atoms with Gasteiger partial charge in [0.2, 0.25) is 5.88 Å². The summed E-state index contributed by atoms with van der Waals surface area (Å²) in [6, 6.07) is 1.23. The van der Waals surface area contributed by atoms with Gasteiger partial charge < -0.3 is 10.1 Å². The molecule has 0 unspecified atom stereocenters. The molecule has 1 aromatic heterocycles. The third-order valence-electron chi connectivity index (χ3n) is 2.03. The van der Waals surface area contributed by atoms with Crippen LogP contribution in [0.15, 0.2) is 12.3 Å². The van der Waals surface area contributed by atoms with Gasteiger partial charge in [0.15, 0.2) is 0 Å². The molecule has 1 aliphatic rings. The van der Waals surface area contributed by atoms with E-state index in [1.54, 1.807) is 0 Å². The van der Waals surface area contributed by atoms with Crippen LogP contribution in [0.1, 0.15) is 0 Å². The van der Waals surface area contributed by atoms with Crippen LogP contribution in [-0.4, -0.2) is 29.1 Å². The third-order valence-corrected chi connectivity index (χ3v) is 2.30. The molecule has 0 aliphatic carbocycles. The maximum Gasteiger partial charge on any atom is 0.289 e. The quantitative estimate of drug-likeness (QED) is 0.618. The molecule has 1 aliphatic heterocycles. The van der Waals surface area contributed by atoms with E-state index in [4.69, 9.17) is 16.3 Å². The highest BCUT2D eigenvalue weighted by Crippen LogP contribution is 2.26. The molecule has 2 rings (SSSR count). The van der Waals surface area contributed by atoms with Gasteiger partial charge >= 0.3 is 0 Å². The number of pyridine rings is 1. The second-order valence-corrected chi connectivity index (χ2v) is 3.54. The Morgan fingerprint density at radius 1 is 1.67 bits per heavy atom. The van der Waals surface area contributed by atoms with Crippen molar-refractivity contribution in [1.82, 2.24) is 10.3 Å². The van der Waals surface area contributed by atoms with Gasteiger partial charge in [0, 0.05) is 19.2 Å². The fraction of sp³-hybridized carbons (Fsp3) is 0.375. The zero-order valence-corrected chi connectivity index (χ0v) is 8.40. The standard InChI is InChI=1S/C8H8ClN3O3/c9-7-1-5(12(13)14)2-11-8(7)15-6-3-10-4-6/h1-2,6,10H,3-4H2. The van der Waals surface area contributed by atoms with E-state index in [0.29, 0.717) is 0 Å². The van der Waals surface area contributed by atoms with Gasteiger partial charge in [0.25, 0.3) is 5.69 Å². The van der Waals surface area contributed by atoms with Gasteiger partial charge in [-0.25, -0.2) is 4.98 Å². The number of hydrogen-bond acceptors (Lipinski definition) is 5. The lowest BCUT2D eigenvalue weighted by atomic mass is 10.2. The number of nitrogens with one attached hydrogen (secondary N) is 1. The summed E-state index contributed by atoms with van der Waals surface area (Å²) in [4.78, 5) is 13.7. The summed E-state index contributed by atoms with van der Waals surface area (Å²) >= 11 is 5.79. The Morgan fingerprint density at radius 3 is 2.87 bits per heavy atom. The van der Waals surface area contributed by atoms with Gasteiger partial charge in [-0.3, -0.25) is 10.1 Å². The molecule has 0 saturated carbocycles. The molecule has 6 nitrogen and oxygen atoms in total. The number of aromatic nitrogens is 1. The fourth-order valence-corrected chi connectivity index (χ4v) is 1.31. The zero-order valence-electron chi connectivity index (χ0n) is 7.64. The number of nitrogens with zero attached hydrogens (tertiary/aromatic N) is 2. The molecule has 0 atom stereocenters. The van der Waals surface area contributed by atoms with E-state index < -0.39 is 4.92 Å². The Balaban J connectivity index is 2.14.